The number of rotatable bonds is 5. The smallest absolute Gasteiger partial charge is 0.148 e. The molecule has 2 nitrogen and oxygen atoms in total. The number of benzene rings is 1. The molecule has 92 valence electrons. The van der Waals surface area contributed by atoms with E-state index in [4.69, 9.17) is 5.73 Å². The van der Waals surface area contributed by atoms with E-state index in [-0.39, 0.29) is 5.82 Å². The van der Waals surface area contributed by atoms with Crippen LogP contribution in [0.4, 0.5) is 15.8 Å². The first kappa shape index (κ1) is 10.9. The van der Waals surface area contributed by atoms with Gasteiger partial charge in [-0.3, -0.25) is 0 Å². The molecule has 0 spiro atoms. The van der Waals surface area contributed by atoms with Gasteiger partial charge in [-0.25, -0.2) is 4.39 Å². The summed E-state index contributed by atoms with van der Waals surface area (Å²) in [5.74, 6) is 1.39. The van der Waals surface area contributed by atoms with Crippen LogP contribution in [0.5, 0.6) is 0 Å². The zero-order chi connectivity index (χ0) is 11.8. The van der Waals surface area contributed by atoms with Crippen LogP contribution >= 0.6 is 0 Å². The van der Waals surface area contributed by atoms with Gasteiger partial charge in [0.25, 0.3) is 0 Å². The second-order valence-corrected chi connectivity index (χ2v) is 5.50. The number of nitrogens with two attached hydrogens (primary N) is 1. The van der Waals surface area contributed by atoms with Gasteiger partial charge in [-0.1, -0.05) is 0 Å². The minimum Gasteiger partial charge on any atom is -0.399 e. The predicted molar refractivity (Wildman–Crippen MR) is 68.5 cm³/mol. The molecule has 0 saturated heterocycles. The van der Waals surface area contributed by atoms with E-state index in [1.54, 1.807) is 6.07 Å². The average molecular weight is 234 g/mol. The fraction of sp³-hybridized carbons (Fsp3) is 0.571. The largest absolute Gasteiger partial charge is 0.399 e. The van der Waals surface area contributed by atoms with Crippen molar-refractivity contribution in [3.63, 3.8) is 0 Å². The van der Waals surface area contributed by atoms with Crippen LogP contribution < -0.4 is 10.6 Å². The van der Waals surface area contributed by atoms with Crippen molar-refractivity contribution in [3.8, 4) is 0 Å². The summed E-state index contributed by atoms with van der Waals surface area (Å²) in [7, 11) is 0. The lowest BCUT2D eigenvalue weighted by Gasteiger charge is -2.25. The fourth-order valence-corrected chi connectivity index (χ4v) is 2.28. The van der Waals surface area contributed by atoms with Gasteiger partial charge >= 0.3 is 0 Å². The Labute approximate surface area is 102 Å². The highest BCUT2D eigenvalue weighted by Gasteiger charge is 2.30. The van der Waals surface area contributed by atoms with Gasteiger partial charge in [0, 0.05) is 18.8 Å². The highest BCUT2D eigenvalue weighted by Crippen LogP contribution is 2.36. The number of nitrogens with zero attached hydrogens (tertiary/aromatic N) is 1. The van der Waals surface area contributed by atoms with Crippen molar-refractivity contribution in [1.82, 2.24) is 0 Å². The van der Waals surface area contributed by atoms with Gasteiger partial charge < -0.3 is 10.6 Å². The lowest BCUT2D eigenvalue weighted by atomic mass is 10.2. The van der Waals surface area contributed by atoms with Gasteiger partial charge in [-0.2, -0.15) is 0 Å². The van der Waals surface area contributed by atoms with Crippen LogP contribution in [-0.2, 0) is 0 Å². The van der Waals surface area contributed by atoms with Crippen molar-refractivity contribution < 1.29 is 4.39 Å². The maximum atomic E-state index is 13.9. The molecule has 0 amide bonds. The third-order valence-electron chi connectivity index (χ3n) is 3.66. The maximum Gasteiger partial charge on any atom is 0.148 e. The number of nitrogen functional groups attached to an aromatic ring is 1. The van der Waals surface area contributed by atoms with E-state index in [0.29, 0.717) is 5.69 Å². The molecule has 3 rings (SSSR count). The Bertz CT molecular complexity index is 397. The molecule has 1 aromatic carbocycles. The molecule has 0 radical (unpaired) electrons. The van der Waals surface area contributed by atoms with Crippen molar-refractivity contribution >= 4 is 11.4 Å². The fourth-order valence-electron chi connectivity index (χ4n) is 2.28. The van der Waals surface area contributed by atoms with Crippen LogP contribution in [0.25, 0.3) is 0 Å². The molecule has 17 heavy (non-hydrogen) atoms. The Morgan fingerprint density at radius 1 is 1.12 bits per heavy atom. The second kappa shape index (κ2) is 4.21. The van der Waals surface area contributed by atoms with E-state index in [9.17, 15) is 4.39 Å². The summed E-state index contributed by atoms with van der Waals surface area (Å²) in [4.78, 5) is 2.23. The van der Waals surface area contributed by atoms with Crippen LogP contribution in [0.15, 0.2) is 18.2 Å². The molecular formula is C14H19FN2. The quantitative estimate of drug-likeness (QED) is 0.793. The summed E-state index contributed by atoms with van der Waals surface area (Å²) in [6.45, 7) is 2.02. The standard InChI is InChI=1S/C14H19FN2/c15-13-7-12(16)5-6-14(13)17(8-10-1-2-10)9-11-3-4-11/h5-7,10-11H,1-4,8-9,16H2. The number of hydrogen-bond acceptors (Lipinski definition) is 2. The molecule has 2 fully saturated rings. The molecule has 0 atom stereocenters. The monoisotopic (exact) mass is 234 g/mol. The van der Waals surface area contributed by atoms with E-state index in [2.05, 4.69) is 4.90 Å². The Hall–Kier alpha value is -1.25. The minimum atomic E-state index is -0.175. The van der Waals surface area contributed by atoms with Gasteiger partial charge in [0.1, 0.15) is 5.82 Å². The Balaban J connectivity index is 1.78. The molecule has 0 heterocycles. The van der Waals surface area contributed by atoms with E-state index < -0.39 is 0 Å². The third kappa shape index (κ3) is 2.71. The van der Waals surface area contributed by atoms with Gasteiger partial charge in [0.2, 0.25) is 0 Å². The molecule has 0 bridgehead atoms. The molecule has 2 aliphatic rings. The number of hydrogen-bond donors (Lipinski definition) is 1. The summed E-state index contributed by atoms with van der Waals surface area (Å²) >= 11 is 0. The Morgan fingerprint density at radius 3 is 2.18 bits per heavy atom. The summed E-state index contributed by atoms with van der Waals surface area (Å²) < 4.78 is 13.9. The zero-order valence-corrected chi connectivity index (χ0v) is 10.0. The van der Waals surface area contributed by atoms with E-state index in [1.807, 2.05) is 6.07 Å². The van der Waals surface area contributed by atoms with Crippen LogP contribution in [0, 0.1) is 17.7 Å². The van der Waals surface area contributed by atoms with Crippen molar-refractivity contribution in [3.05, 3.63) is 24.0 Å². The summed E-state index contributed by atoms with van der Waals surface area (Å²) in [5.41, 5.74) is 6.83. The van der Waals surface area contributed by atoms with E-state index in [1.165, 1.54) is 31.7 Å². The van der Waals surface area contributed by atoms with Crippen molar-refractivity contribution in [2.24, 2.45) is 11.8 Å². The summed E-state index contributed by atoms with van der Waals surface area (Å²) in [6.07, 6.45) is 5.21. The topological polar surface area (TPSA) is 29.3 Å². The van der Waals surface area contributed by atoms with E-state index >= 15 is 0 Å². The second-order valence-electron chi connectivity index (χ2n) is 5.50. The van der Waals surface area contributed by atoms with Gasteiger partial charge in [0.05, 0.1) is 5.69 Å². The normalized spacial score (nSPS) is 19.4. The van der Waals surface area contributed by atoms with Gasteiger partial charge in [0.15, 0.2) is 0 Å². The molecule has 2 N–H and O–H groups in total. The molecule has 0 aromatic heterocycles. The third-order valence-corrected chi connectivity index (χ3v) is 3.66. The first-order valence-electron chi connectivity index (χ1n) is 6.52. The average Bonchev–Trinajstić information content (AvgIpc) is 3.11. The molecule has 2 saturated carbocycles. The molecule has 3 heteroatoms. The highest BCUT2D eigenvalue weighted by molar-refractivity contribution is 5.54. The van der Waals surface area contributed by atoms with Crippen molar-refractivity contribution in [1.29, 1.82) is 0 Å². The molecular weight excluding hydrogens is 215 g/mol. The van der Waals surface area contributed by atoms with Gasteiger partial charge in [-0.05, 0) is 55.7 Å². The predicted octanol–water partition coefficient (Wildman–Crippen LogP) is 3.03. The lowest BCUT2D eigenvalue weighted by molar-refractivity contribution is 0.603. The first-order chi connectivity index (χ1) is 8.22. The molecule has 0 aliphatic heterocycles. The number of halogens is 1. The zero-order valence-electron chi connectivity index (χ0n) is 10.0. The molecule has 0 unspecified atom stereocenters. The summed E-state index contributed by atoms with van der Waals surface area (Å²) in [6, 6.07) is 5.06. The van der Waals surface area contributed by atoms with Crippen LogP contribution in [0.2, 0.25) is 0 Å². The minimum absolute atomic E-state index is 0.175. The van der Waals surface area contributed by atoms with Crippen LogP contribution in [0.1, 0.15) is 25.7 Å². The Morgan fingerprint density at radius 2 is 1.71 bits per heavy atom. The molecule has 2 aliphatic carbocycles. The summed E-state index contributed by atoms with van der Waals surface area (Å²) in [5, 5.41) is 0. The van der Waals surface area contributed by atoms with Crippen LogP contribution in [0.3, 0.4) is 0 Å². The maximum absolute atomic E-state index is 13.9. The van der Waals surface area contributed by atoms with Crippen molar-refractivity contribution in [2.75, 3.05) is 23.7 Å². The van der Waals surface area contributed by atoms with Crippen molar-refractivity contribution in [2.45, 2.75) is 25.7 Å². The molecule has 1 aromatic rings. The Kier molecular flexibility index (Phi) is 2.69. The lowest BCUT2D eigenvalue weighted by Crippen LogP contribution is -2.28. The van der Waals surface area contributed by atoms with Crippen LogP contribution in [-0.4, -0.2) is 13.1 Å². The van der Waals surface area contributed by atoms with E-state index in [0.717, 1.165) is 30.6 Å². The first-order valence-corrected chi connectivity index (χ1v) is 6.52. The SMILES string of the molecule is Nc1ccc(N(CC2CC2)CC2CC2)c(F)c1. The van der Waals surface area contributed by atoms with Gasteiger partial charge in [-0.15, -0.1) is 0 Å². The number of anilines is 2. The highest BCUT2D eigenvalue weighted by atomic mass is 19.1.